The lowest BCUT2D eigenvalue weighted by molar-refractivity contribution is 0.614. The molecular formula is C10H7ClFNS. The zero-order valence-electron chi connectivity index (χ0n) is 7.21. The first-order valence-corrected chi connectivity index (χ1v) is 5.34. The van der Waals surface area contributed by atoms with Crippen LogP contribution in [-0.4, -0.2) is 4.98 Å². The number of thiazole rings is 1. The average Bonchev–Trinajstić information content (AvgIpc) is 2.62. The van der Waals surface area contributed by atoms with E-state index in [0.29, 0.717) is 17.0 Å². The molecule has 0 fully saturated rings. The minimum absolute atomic E-state index is 0.271. The molecular weight excluding hydrogens is 221 g/mol. The Morgan fingerprint density at radius 3 is 2.93 bits per heavy atom. The Hall–Kier alpha value is -0.930. The summed E-state index contributed by atoms with van der Waals surface area (Å²) < 4.78 is 13.3. The predicted molar refractivity (Wildman–Crippen MR) is 56.3 cm³/mol. The van der Waals surface area contributed by atoms with Crippen molar-refractivity contribution >= 4 is 22.9 Å². The zero-order valence-corrected chi connectivity index (χ0v) is 8.78. The van der Waals surface area contributed by atoms with E-state index in [1.165, 1.54) is 17.4 Å². The average molecular weight is 228 g/mol. The highest BCUT2D eigenvalue weighted by atomic mass is 35.5. The van der Waals surface area contributed by atoms with Gasteiger partial charge in [-0.25, -0.2) is 9.37 Å². The number of rotatable bonds is 2. The van der Waals surface area contributed by atoms with Crippen molar-refractivity contribution in [3.63, 3.8) is 0 Å². The maximum Gasteiger partial charge on any atom is 0.128 e. The highest BCUT2D eigenvalue weighted by Gasteiger charge is 2.05. The van der Waals surface area contributed by atoms with E-state index >= 15 is 0 Å². The van der Waals surface area contributed by atoms with E-state index in [1.807, 2.05) is 5.38 Å². The van der Waals surface area contributed by atoms with E-state index < -0.39 is 0 Å². The molecule has 0 bridgehead atoms. The minimum atomic E-state index is -0.271. The van der Waals surface area contributed by atoms with Crippen LogP contribution in [0.1, 0.15) is 10.6 Å². The van der Waals surface area contributed by atoms with Crippen LogP contribution in [0.25, 0.3) is 0 Å². The molecule has 1 aromatic heterocycles. The Morgan fingerprint density at radius 2 is 2.29 bits per heavy atom. The summed E-state index contributed by atoms with van der Waals surface area (Å²) in [4.78, 5) is 4.09. The first-order chi connectivity index (χ1) is 6.75. The third-order valence-corrected chi connectivity index (χ3v) is 2.85. The van der Waals surface area contributed by atoms with Gasteiger partial charge < -0.3 is 0 Å². The van der Waals surface area contributed by atoms with Gasteiger partial charge in [0.05, 0.1) is 5.01 Å². The maximum atomic E-state index is 13.3. The first kappa shape index (κ1) is 9.62. The Bertz CT molecular complexity index is 428. The number of halogens is 2. The second-order valence-electron chi connectivity index (χ2n) is 2.84. The van der Waals surface area contributed by atoms with Gasteiger partial charge in [-0.05, 0) is 17.7 Å². The number of nitrogens with zero attached hydrogens (tertiary/aromatic N) is 1. The predicted octanol–water partition coefficient (Wildman–Crippen LogP) is 3.53. The maximum absolute atomic E-state index is 13.3. The van der Waals surface area contributed by atoms with Crippen LogP contribution in [0.3, 0.4) is 0 Å². The summed E-state index contributed by atoms with van der Waals surface area (Å²) in [5.74, 6) is -0.271. The van der Waals surface area contributed by atoms with E-state index in [0.717, 1.165) is 5.01 Å². The first-order valence-electron chi connectivity index (χ1n) is 4.08. The van der Waals surface area contributed by atoms with Gasteiger partial charge in [0.1, 0.15) is 5.82 Å². The SMILES string of the molecule is Fc1cc(Cl)ccc1Cc1nccs1. The fourth-order valence-electron chi connectivity index (χ4n) is 1.17. The third kappa shape index (κ3) is 2.11. The van der Waals surface area contributed by atoms with Crippen molar-refractivity contribution in [3.05, 3.63) is 51.2 Å². The van der Waals surface area contributed by atoms with Gasteiger partial charge in [-0.3, -0.25) is 0 Å². The van der Waals surface area contributed by atoms with E-state index in [4.69, 9.17) is 11.6 Å². The molecule has 1 aromatic carbocycles. The van der Waals surface area contributed by atoms with Crippen LogP contribution < -0.4 is 0 Å². The van der Waals surface area contributed by atoms with Gasteiger partial charge in [-0.15, -0.1) is 11.3 Å². The second-order valence-corrected chi connectivity index (χ2v) is 4.25. The molecule has 0 radical (unpaired) electrons. The fraction of sp³-hybridized carbons (Fsp3) is 0.100. The van der Waals surface area contributed by atoms with Crippen molar-refractivity contribution in [2.24, 2.45) is 0 Å². The molecule has 72 valence electrons. The standard InChI is InChI=1S/C10H7ClFNS/c11-8-2-1-7(9(12)6-8)5-10-13-3-4-14-10/h1-4,6H,5H2. The largest absolute Gasteiger partial charge is 0.249 e. The molecule has 0 saturated heterocycles. The highest BCUT2D eigenvalue weighted by Crippen LogP contribution is 2.18. The monoisotopic (exact) mass is 227 g/mol. The van der Waals surface area contributed by atoms with Crippen molar-refractivity contribution in [2.45, 2.75) is 6.42 Å². The summed E-state index contributed by atoms with van der Waals surface area (Å²) in [5.41, 5.74) is 0.629. The molecule has 0 atom stereocenters. The summed E-state index contributed by atoms with van der Waals surface area (Å²) in [6.45, 7) is 0. The summed E-state index contributed by atoms with van der Waals surface area (Å²) in [5, 5.41) is 3.21. The van der Waals surface area contributed by atoms with Gasteiger partial charge in [-0.2, -0.15) is 0 Å². The van der Waals surface area contributed by atoms with Crippen molar-refractivity contribution in [2.75, 3.05) is 0 Å². The number of benzene rings is 1. The zero-order chi connectivity index (χ0) is 9.97. The molecule has 2 rings (SSSR count). The summed E-state index contributed by atoms with van der Waals surface area (Å²) in [6, 6.07) is 4.71. The third-order valence-electron chi connectivity index (χ3n) is 1.84. The minimum Gasteiger partial charge on any atom is -0.249 e. The molecule has 0 amide bonds. The lowest BCUT2D eigenvalue weighted by Gasteiger charge is -2.00. The molecule has 0 aliphatic heterocycles. The summed E-state index contributed by atoms with van der Waals surface area (Å²) >= 11 is 7.17. The van der Waals surface area contributed by atoms with Crippen LogP contribution in [0.4, 0.5) is 4.39 Å². The van der Waals surface area contributed by atoms with Crippen LogP contribution >= 0.6 is 22.9 Å². The quantitative estimate of drug-likeness (QED) is 0.765. The number of hydrogen-bond acceptors (Lipinski definition) is 2. The topological polar surface area (TPSA) is 12.9 Å². The molecule has 0 spiro atoms. The number of hydrogen-bond donors (Lipinski definition) is 0. The van der Waals surface area contributed by atoms with Crippen molar-refractivity contribution in [1.82, 2.24) is 4.98 Å². The Kier molecular flexibility index (Phi) is 2.79. The summed E-state index contributed by atoms with van der Waals surface area (Å²) in [7, 11) is 0. The molecule has 0 saturated carbocycles. The van der Waals surface area contributed by atoms with E-state index in [2.05, 4.69) is 4.98 Å². The van der Waals surface area contributed by atoms with Crippen LogP contribution in [0.15, 0.2) is 29.8 Å². The van der Waals surface area contributed by atoms with E-state index in [9.17, 15) is 4.39 Å². The van der Waals surface area contributed by atoms with Crippen molar-refractivity contribution in [1.29, 1.82) is 0 Å². The lowest BCUT2D eigenvalue weighted by Crippen LogP contribution is -1.91. The Labute approximate surface area is 90.2 Å². The van der Waals surface area contributed by atoms with Crippen LogP contribution in [-0.2, 0) is 6.42 Å². The summed E-state index contributed by atoms with van der Waals surface area (Å²) in [6.07, 6.45) is 2.24. The van der Waals surface area contributed by atoms with E-state index in [1.54, 1.807) is 18.3 Å². The molecule has 0 unspecified atom stereocenters. The molecule has 0 aliphatic rings. The molecule has 0 aliphatic carbocycles. The second kappa shape index (κ2) is 4.07. The van der Waals surface area contributed by atoms with Crippen LogP contribution in [0.2, 0.25) is 5.02 Å². The molecule has 0 N–H and O–H groups in total. The van der Waals surface area contributed by atoms with Gasteiger partial charge in [0.2, 0.25) is 0 Å². The Morgan fingerprint density at radius 1 is 1.43 bits per heavy atom. The fourth-order valence-corrected chi connectivity index (χ4v) is 1.97. The van der Waals surface area contributed by atoms with Crippen molar-refractivity contribution in [3.8, 4) is 0 Å². The van der Waals surface area contributed by atoms with Gasteiger partial charge in [-0.1, -0.05) is 17.7 Å². The molecule has 1 nitrogen and oxygen atoms in total. The molecule has 4 heteroatoms. The smallest absolute Gasteiger partial charge is 0.128 e. The highest BCUT2D eigenvalue weighted by molar-refractivity contribution is 7.09. The molecule has 14 heavy (non-hydrogen) atoms. The normalized spacial score (nSPS) is 10.4. The Balaban J connectivity index is 2.25. The van der Waals surface area contributed by atoms with Crippen LogP contribution in [0, 0.1) is 5.82 Å². The van der Waals surface area contributed by atoms with E-state index in [-0.39, 0.29) is 5.82 Å². The molecule has 1 heterocycles. The van der Waals surface area contributed by atoms with Gasteiger partial charge in [0.25, 0.3) is 0 Å². The van der Waals surface area contributed by atoms with Crippen molar-refractivity contribution < 1.29 is 4.39 Å². The lowest BCUT2D eigenvalue weighted by atomic mass is 10.1. The van der Waals surface area contributed by atoms with Gasteiger partial charge >= 0.3 is 0 Å². The number of aromatic nitrogens is 1. The molecule has 2 aromatic rings. The van der Waals surface area contributed by atoms with Gasteiger partial charge in [0, 0.05) is 23.0 Å². The van der Waals surface area contributed by atoms with Gasteiger partial charge in [0.15, 0.2) is 0 Å². The van der Waals surface area contributed by atoms with Crippen LogP contribution in [0.5, 0.6) is 0 Å².